The number of carbonyl (C=O) groups is 1. The molecule has 0 bridgehead atoms. The monoisotopic (exact) mass is 266 g/mol. The standard InChI is InChI=1S/C10H9ClF2O4/c11-6-2-8(13)7(12)1-5(6)9(14)3-17-4-10(15)16/h1-2,9,14H,3-4H2,(H,15,16). The van der Waals surface area contributed by atoms with Crippen molar-refractivity contribution in [3.63, 3.8) is 0 Å². The Labute approximate surface area is 100 Å². The molecule has 0 aromatic heterocycles. The fraction of sp³-hybridized carbons (Fsp3) is 0.300. The van der Waals surface area contributed by atoms with Gasteiger partial charge in [-0.15, -0.1) is 0 Å². The van der Waals surface area contributed by atoms with Gasteiger partial charge in [-0.1, -0.05) is 11.6 Å². The molecule has 0 aliphatic rings. The van der Waals surface area contributed by atoms with Gasteiger partial charge in [0, 0.05) is 10.6 Å². The summed E-state index contributed by atoms with van der Waals surface area (Å²) in [6.45, 7) is -0.977. The Kier molecular flexibility index (Phi) is 4.80. The fourth-order valence-electron chi connectivity index (χ4n) is 1.14. The fourth-order valence-corrected chi connectivity index (χ4v) is 1.42. The van der Waals surface area contributed by atoms with E-state index in [9.17, 15) is 18.7 Å². The Morgan fingerprint density at radius 3 is 2.59 bits per heavy atom. The van der Waals surface area contributed by atoms with E-state index in [1.54, 1.807) is 0 Å². The Balaban J connectivity index is 2.71. The predicted octanol–water partition coefficient (Wildman–Crippen LogP) is 1.75. The molecular formula is C10H9ClF2O4. The molecule has 2 N–H and O–H groups in total. The van der Waals surface area contributed by atoms with Gasteiger partial charge >= 0.3 is 5.97 Å². The summed E-state index contributed by atoms with van der Waals surface area (Å²) >= 11 is 5.60. The Morgan fingerprint density at radius 2 is 2.00 bits per heavy atom. The molecule has 0 saturated heterocycles. The maximum absolute atomic E-state index is 12.9. The molecule has 0 saturated carbocycles. The van der Waals surface area contributed by atoms with Crippen LogP contribution in [0.5, 0.6) is 0 Å². The lowest BCUT2D eigenvalue weighted by Crippen LogP contribution is -2.13. The topological polar surface area (TPSA) is 66.8 Å². The Bertz CT molecular complexity index is 425. The molecule has 4 nitrogen and oxygen atoms in total. The van der Waals surface area contributed by atoms with Crippen molar-refractivity contribution >= 4 is 17.6 Å². The summed E-state index contributed by atoms with van der Waals surface area (Å²) in [7, 11) is 0. The van der Waals surface area contributed by atoms with Crippen molar-refractivity contribution in [2.45, 2.75) is 6.10 Å². The summed E-state index contributed by atoms with van der Waals surface area (Å²) in [5.74, 6) is -3.48. The zero-order valence-corrected chi connectivity index (χ0v) is 9.25. The molecule has 0 fully saturated rings. The SMILES string of the molecule is O=C(O)COCC(O)c1cc(F)c(F)cc1Cl. The zero-order valence-electron chi connectivity index (χ0n) is 8.49. The first-order chi connectivity index (χ1) is 7.91. The largest absolute Gasteiger partial charge is 0.480 e. The van der Waals surface area contributed by atoms with Crippen LogP contribution < -0.4 is 0 Å². The number of hydrogen-bond acceptors (Lipinski definition) is 3. The second-order valence-electron chi connectivity index (χ2n) is 3.21. The highest BCUT2D eigenvalue weighted by molar-refractivity contribution is 6.31. The highest BCUT2D eigenvalue weighted by atomic mass is 35.5. The highest BCUT2D eigenvalue weighted by Gasteiger charge is 2.16. The summed E-state index contributed by atoms with van der Waals surface area (Å²) in [5.41, 5.74) is -0.0593. The number of aliphatic hydroxyl groups is 1. The van der Waals surface area contributed by atoms with Gasteiger partial charge in [0.2, 0.25) is 0 Å². The third-order valence-corrected chi connectivity index (χ3v) is 2.23. The van der Waals surface area contributed by atoms with Gasteiger partial charge in [-0.3, -0.25) is 0 Å². The molecule has 0 amide bonds. The van der Waals surface area contributed by atoms with Gasteiger partial charge in [0.15, 0.2) is 11.6 Å². The van der Waals surface area contributed by atoms with Crippen LogP contribution in [-0.2, 0) is 9.53 Å². The van der Waals surface area contributed by atoms with Crippen LogP contribution in [0.25, 0.3) is 0 Å². The van der Waals surface area contributed by atoms with E-state index in [1.165, 1.54) is 0 Å². The van der Waals surface area contributed by atoms with E-state index in [2.05, 4.69) is 4.74 Å². The number of hydrogen-bond donors (Lipinski definition) is 2. The van der Waals surface area contributed by atoms with Crippen molar-refractivity contribution in [3.8, 4) is 0 Å². The van der Waals surface area contributed by atoms with Crippen molar-refractivity contribution in [1.29, 1.82) is 0 Å². The number of carboxylic acid groups (broad SMARTS) is 1. The van der Waals surface area contributed by atoms with Crippen LogP contribution in [0, 0.1) is 11.6 Å². The molecule has 1 aromatic rings. The van der Waals surface area contributed by atoms with Crippen LogP contribution >= 0.6 is 11.6 Å². The molecule has 1 unspecified atom stereocenters. The number of ether oxygens (including phenoxy) is 1. The second-order valence-corrected chi connectivity index (χ2v) is 3.62. The van der Waals surface area contributed by atoms with Crippen molar-refractivity contribution in [3.05, 3.63) is 34.4 Å². The van der Waals surface area contributed by atoms with Gasteiger partial charge in [-0.2, -0.15) is 0 Å². The summed E-state index contributed by atoms with van der Waals surface area (Å²) in [6, 6.07) is 1.47. The van der Waals surface area contributed by atoms with Gasteiger partial charge < -0.3 is 14.9 Å². The number of carboxylic acids is 1. The van der Waals surface area contributed by atoms with E-state index >= 15 is 0 Å². The third-order valence-electron chi connectivity index (χ3n) is 1.90. The molecule has 94 valence electrons. The molecule has 0 spiro atoms. The van der Waals surface area contributed by atoms with Gasteiger partial charge in [0.1, 0.15) is 12.7 Å². The number of halogens is 3. The lowest BCUT2D eigenvalue weighted by Gasteiger charge is -2.12. The number of rotatable bonds is 5. The van der Waals surface area contributed by atoms with E-state index in [0.717, 1.165) is 12.1 Å². The van der Waals surface area contributed by atoms with Crippen molar-refractivity contribution in [2.24, 2.45) is 0 Å². The molecule has 0 aliphatic heterocycles. The minimum absolute atomic E-state index is 0.0593. The van der Waals surface area contributed by atoms with E-state index in [1.807, 2.05) is 0 Å². The lowest BCUT2D eigenvalue weighted by atomic mass is 10.1. The third kappa shape index (κ3) is 3.92. The molecular weight excluding hydrogens is 258 g/mol. The molecule has 1 aromatic carbocycles. The lowest BCUT2D eigenvalue weighted by molar-refractivity contribution is -0.143. The van der Waals surface area contributed by atoms with Gasteiger partial charge in [-0.25, -0.2) is 13.6 Å². The number of aliphatic carboxylic acids is 1. The second kappa shape index (κ2) is 5.90. The molecule has 1 atom stereocenters. The van der Waals surface area contributed by atoms with Crippen LogP contribution in [0.15, 0.2) is 12.1 Å². The highest BCUT2D eigenvalue weighted by Crippen LogP contribution is 2.25. The first kappa shape index (κ1) is 13.8. The van der Waals surface area contributed by atoms with E-state index < -0.39 is 30.3 Å². The first-order valence-corrected chi connectivity index (χ1v) is 4.91. The van der Waals surface area contributed by atoms with Gasteiger partial charge in [0.25, 0.3) is 0 Å². The first-order valence-electron chi connectivity index (χ1n) is 4.54. The smallest absolute Gasteiger partial charge is 0.329 e. The van der Waals surface area contributed by atoms with Crippen molar-refractivity contribution in [1.82, 2.24) is 0 Å². The maximum atomic E-state index is 12.9. The zero-order chi connectivity index (χ0) is 13.0. The average Bonchev–Trinajstić information content (AvgIpc) is 2.22. The van der Waals surface area contributed by atoms with Gasteiger partial charge in [-0.05, 0) is 12.1 Å². The number of benzene rings is 1. The minimum Gasteiger partial charge on any atom is -0.480 e. The molecule has 7 heteroatoms. The minimum atomic E-state index is -1.32. The molecule has 1 rings (SSSR count). The van der Waals surface area contributed by atoms with E-state index in [4.69, 9.17) is 16.7 Å². The summed E-state index contributed by atoms with van der Waals surface area (Å²) in [5, 5.41) is 17.7. The predicted molar refractivity (Wildman–Crippen MR) is 54.8 cm³/mol. The summed E-state index contributed by atoms with van der Waals surface area (Å²) in [4.78, 5) is 10.1. The van der Waals surface area contributed by atoms with Crippen LogP contribution in [0.3, 0.4) is 0 Å². The van der Waals surface area contributed by atoms with E-state index in [-0.39, 0.29) is 17.2 Å². The van der Waals surface area contributed by atoms with Crippen LogP contribution in [0.2, 0.25) is 5.02 Å². The number of aliphatic hydroxyl groups excluding tert-OH is 1. The molecule has 0 radical (unpaired) electrons. The van der Waals surface area contributed by atoms with Crippen molar-refractivity contribution in [2.75, 3.05) is 13.2 Å². The molecule has 0 aliphatic carbocycles. The maximum Gasteiger partial charge on any atom is 0.329 e. The van der Waals surface area contributed by atoms with E-state index in [0.29, 0.717) is 0 Å². The van der Waals surface area contributed by atoms with Gasteiger partial charge in [0.05, 0.1) is 6.61 Å². The van der Waals surface area contributed by atoms with Crippen molar-refractivity contribution < 1.29 is 28.5 Å². The summed E-state index contributed by atoms with van der Waals surface area (Å²) < 4.78 is 30.2. The summed E-state index contributed by atoms with van der Waals surface area (Å²) in [6.07, 6.45) is -1.32. The molecule has 0 heterocycles. The van der Waals surface area contributed by atoms with Crippen LogP contribution in [0.1, 0.15) is 11.7 Å². The normalized spacial score (nSPS) is 12.5. The Hall–Kier alpha value is -1.24. The molecule has 17 heavy (non-hydrogen) atoms. The van der Waals surface area contributed by atoms with Crippen LogP contribution in [0.4, 0.5) is 8.78 Å². The average molecular weight is 267 g/mol. The van der Waals surface area contributed by atoms with Crippen LogP contribution in [-0.4, -0.2) is 29.4 Å². The quantitative estimate of drug-likeness (QED) is 0.797. The Morgan fingerprint density at radius 1 is 1.41 bits per heavy atom.